The number of aromatic nitrogens is 3. The molecule has 0 aliphatic heterocycles. The van der Waals surface area contributed by atoms with Gasteiger partial charge in [0, 0.05) is 7.05 Å². The van der Waals surface area contributed by atoms with Crippen molar-refractivity contribution in [2.75, 3.05) is 17.7 Å². The summed E-state index contributed by atoms with van der Waals surface area (Å²) in [6.45, 7) is 3.85. The highest BCUT2D eigenvalue weighted by molar-refractivity contribution is 7.80. The molecule has 4 N–H and O–H groups in total. The van der Waals surface area contributed by atoms with E-state index in [1.54, 1.807) is 7.05 Å². The zero-order chi connectivity index (χ0) is 13.1. The van der Waals surface area contributed by atoms with Gasteiger partial charge in [-0.25, -0.2) is 0 Å². The summed E-state index contributed by atoms with van der Waals surface area (Å²) in [4.78, 5) is 12.3. The standard InChI is InChI=1S/C9H15ClN6S/c1-4-9(2,5(11)17)16-8-14-6(10)13-7(12-3)15-8/h4H2,1-3H3,(H2,11,17)(H2,12,13,14,15,16). The van der Waals surface area contributed by atoms with Crippen LogP contribution in [0, 0.1) is 0 Å². The van der Waals surface area contributed by atoms with Crippen LogP contribution in [0.4, 0.5) is 11.9 Å². The fourth-order valence-corrected chi connectivity index (χ4v) is 1.44. The molecule has 0 saturated heterocycles. The smallest absolute Gasteiger partial charge is 0.229 e. The van der Waals surface area contributed by atoms with Gasteiger partial charge in [0.05, 0.1) is 10.5 Å². The van der Waals surface area contributed by atoms with Gasteiger partial charge in [-0.05, 0) is 24.9 Å². The molecule has 0 aliphatic rings. The number of halogens is 1. The number of nitrogens with zero attached hydrogens (tertiary/aromatic N) is 3. The van der Waals surface area contributed by atoms with E-state index in [1.165, 1.54) is 0 Å². The van der Waals surface area contributed by atoms with Gasteiger partial charge in [0.1, 0.15) is 0 Å². The number of nitrogens with two attached hydrogens (primary N) is 1. The van der Waals surface area contributed by atoms with Gasteiger partial charge < -0.3 is 16.4 Å². The van der Waals surface area contributed by atoms with Gasteiger partial charge in [-0.1, -0.05) is 19.1 Å². The molecule has 0 spiro atoms. The van der Waals surface area contributed by atoms with E-state index >= 15 is 0 Å². The first kappa shape index (κ1) is 13.9. The molecule has 1 unspecified atom stereocenters. The second-order valence-electron chi connectivity index (χ2n) is 3.68. The summed E-state index contributed by atoms with van der Waals surface area (Å²) in [6, 6.07) is 0. The summed E-state index contributed by atoms with van der Waals surface area (Å²) >= 11 is 10.8. The molecule has 0 amide bonds. The summed E-state index contributed by atoms with van der Waals surface area (Å²) in [5, 5.41) is 5.96. The molecule has 0 fully saturated rings. The van der Waals surface area contributed by atoms with Gasteiger partial charge in [0.2, 0.25) is 17.2 Å². The summed E-state index contributed by atoms with van der Waals surface area (Å²) in [5.41, 5.74) is 5.14. The Bertz CT molecular complexity index is 426. The molecule has 1 heterocycles. The minimum absolute atomic E-state index is 0.105. The van der Waals surface area contributed by atoms with Crippen LogP contribution in [0.5, 0.6) is 0 Å². The van der Waals surface area contributed by atoms with Gasteiger partial charge in [-0.2, -0.15) is 15.0 Å². The van der Waals surface area contributed by atoms with E-state index in [4.69, 9.17) is 29.6 Å². The molecule has 8 heteroatoms. The van der Waals surface area contributed by atoms with Gasteiger partial charge in [0.25, 0.3) is 0 Å². The average Bonchev–Trinajstić information content (AvgIpc) is 2.27. The Morgan fingerprint density at radius 3 is 2.47 bits per heavy atom. The third kappa shape index (κ3) is 3.37. The summed E-state index contributed by atoms with van der Waals surface area (Å²) < 4.78 is 0. The van der Waals surface area contributed by atoms with Crippen LogP contribution in [0.1, 0.15) is 20.3 Å². The van der Waals surface area contributed by atoms with Crippen molar-refractivity contribution in [3.8, 4) is 0 Å². The molecule has 0 radical (unpaired) electrons. The zero-order valence-electron chi connectivity index (χ0n) is 9.91. The lowest BCUT2D eigenvalue weighted by atomic mass is 9.99. The van der Waals surface area contributed by atoms with Crippen molar-refractivity contribution in [2.24, 2.45) is 5.73 Å². The first-order chi connectivity index (χ1) is 7.91. The Morgan fingerprint density at radius 2 is 2.00 bits per heavy atom. The van der Waals surface area contributed by atoms with Crippen LogP contribution < -0.4 is 16.4 Å². The highest BCUT2D eigenvalue weighted by atomic mass is 35.5. The quantitative estimate of drug-likeness (QED) is 0.700. The monoisotopic (exact) mass is 274 g/mol. The van der Waals surface area contributed by atoms with Gasteiger partial charge >= 0.3 is 0 Å². The summed E-state index contributed by atoms with van der Waals surface area (Å²) in [5.74, 6) is 0.723. The van der Waals surface area contributed by atoms with Crippen LogP contribution in [-0.2, 0) is 0 Å². The number of thiocarbonyl (C=S) groups is 1. The average molecular weight is 275 g/mol. The van der Waals surface area contributed by atoms with E-state index in [1.807, 2.05) is 13.8 Å². The third-order valence-electron chi connectivity index (χ3n) is 2.47. The maximum atomic E-state index is 5.77. The SMILES string of the molecule is CCC(C)(Nc1nc(Cl)nc(NC)n1)C(N)=S. The predicted molar refractivity (Wildman–Crippen MR) is 73.5 cm³/mol. The van der Waals surface area contributed by atoms with Crippen LogP contribution in [0.3, 0.4) is 0 Å². The number of anilines is 2. The van der Waals surface area contributed by atoms with Crippen LogP contribution in [0.2, 0.25) is 5.28 Å². The van der Waals surface area contributed by atoms with Crippen molar-refractivity contribution < 1.29 is 0 Å². The summed E-state index contributed by atoms with van der Waals surface area (Å²) in [7, 11) is 1.70. The molecule has 6 nitrogen and oxygen atoms in total. The molecule has 0 aliphatic carbocycles. The minimum atomic E-state index is -0.551. The van der Waals surface area contributed by atoms with Gasteiger partial charge in [-0.3, -0.25) is 0 Å². The Kier molecular flexibility index (Phi) is 4.41. The van der Waals surface area contributed by atoms with E-state index in [0.29, 0.717) is 23.3 Å². The third-order valence-corrected chi connectivity index (χ3v) is 3.09. The Morgan fingerprint density at radius 1 is 1.41 bits per heavy atom. The van der Waals surface area contributed by atoms with Crippen molar-refractivity contribution in [3.63, 3.8) is 0 Å². The normalized spacial score (nSPS) is 13.9. The molecule has 0 bridgehead atoms. The molecule has 17 heavy (non-hydrogen) atoms. The molecule has 0 saturated carbocycles. The molecule has 1 aromatic rings. The highest BCUT2D eigenvalue weighted by Crippen LogP contribution is 2.18. The molecular formula is C9H15ClN6S. The van der Waals surface area contributed by atoms with Crippen LogP contribution in [0.25, 0.3) is 0 Å². The number of hydrogen-bond donors (Lipinski definition) is 3. The van der Waals surface area contributed by atoms with Crippen LogP contribution >= 0.6 is 23.8 Å². The Balaban J connectivity index is 3.01. The van der Waals surface area contributed by atoms with E-state index in [9.17, 15) is 0 Å². The van der Waals surface area contributed by atoms with Crippen molar-refractivity contribution in [1.82, 2.24) is 15.0 Å². The van der Waals surface area contributed by atoms with Crippen molar-refractivity contribution in [2.45, 2.75) is 25.8 Å². The van der Waals surface area contributed by atoms with Crippen molar-refractivity contribution in [3.05, 3.63) is 5.28 Å². The molecule has 1 rings (SSSR count). The van der Waals surface area contributed by atoms with Crippen molar-refractivity contribution >= 4 is 40.7 Å². The van der Waals surface area contributed by atoms with Gasteiger partial charge in [-0.15, -0.1) is 0 Å². The predicted octanol–water partition coefficient (Wildman–Crippen LogP) is 1.43. The first-order valence-corrected chi connectivity index (χ1v) is 5.87. The lowest BCUT2D eigenvalue weighted by Gasteiger charge is -2.28. The second kappa shape index (κ2) is 5.42. The zero-order valence-corrected chi connectivity index (χ0v) is 11.5. The fraction of sp³-hybridized carbons (Fsp3) is 0.556. The topological polar surface area (TPSA) is 88.8 Å². The van der Waals surface area contributed by atoms with Crippen LogP contribution in [-0.4, -0.2) is 32.5 Å². The fourth-order valence-electron chi connectivity index (χ4n) is 1.09. The molecule has 94 valence electrons. The van der Waals surface area contributed by atoms with E-state index < -0.39 is 5.54 Å². The second-order valence-corrected chi connectivity index (χ2v) is 4.45. The Labute approximate surface area is 110 Å². The first-order valence-electron chi connectivity index (χ1n) is 5.08. The lowest BCUT2D eigenvalue weighted by Crippen LogP contribution is -2.46. The number of rotatable bonds is 5. The maximum absolute atomic E-state index is 5.77. The number of nitrogens with one attached hydrogen (secondary N) is 2. The maximum Gasteiger partial charge on any atom is 0.229 e. The van der Waals surface area contributed by atoms with Crippen LogP contribution in [0.15, 0.2) is 0 Å². The largest absolute Gasteiger partial charge is 0.391 e. The lowest BCUT2D eigenvalue weighted by molar-refractivity contribution is 0.646. The Hall–Kier alpha value is -1.21. The minimum Gasteiger partial charge on any atom is -0.391 e. The number of hydrogen-bond acceptors (Lipinski definition) is 6. The molecule has 1 atom stereocenters. The van der Waals surface area contributed by atoms with Crippen molar-refractivity contribution in [1.29, 1.82) is 0 Å². The van der Waals surface area contributed by atoms with E-state index in [2.05, 4.69) is 25.6 Å². The molecular weight excluding hydrogens is 260 g/mol. The van der Waals surface area contributed by atoms with E-state index in [0.717, 1.165) is 0 Å². The van der Waals surface area contributed by atoms with E-state index in [-0.39, 0.29) is 5.28 Å². The highest BCUT2D eigenvalue weighted by Gasteiger charge is 2.26. The molecule has 1 aromatic heterocycles. The summed E-state index contributed by atoms with van der Waals surface area (Å²) in [6.07, 6.45) is 0.709. The van der Waals surface area contributed by atoms with Gasteiger partial charge in [0.15, 0.2) is 0 Å². The molecule has 0 aromatic carbocycles.